The summed E-state index contributed by atoms with van der Waals surface area (Å²) in [6.45, 7) is 6.35. The zero-order chi connectivity index (χ0) is 17.5. The molecule has 24 heavy (non-hydrogen) atoms. The minimum absolute atomic E-state index is 0.211. The van der Waals surface area contributed by atoms with E-state index in [0.717, 1.165) is 35.7 Å². The van der Waals surface area contributed by atoms with Crippen molar-refractivity contribution in [1.29, 1.82) is 0 Å². The second-order valence-electron chi connectivity index (χ2n) is 7.88. The Balaban J connectivity index is 1.93. The van der Waals surface area contributed by atoms with E-state index in [2.05, 4.69) is 20.8 Å². The first-order chi connectivity index (χ1) is 11.5. The third-order valence-corrected chi connectivity index (χ3v) is 5.34. The molecule has 0 bridgehead atoms. The molecule has 0 spiro atoms. The number of nitrogens with two attached hydrogens (primary N) is 1. The van der Waals surface area contributed by atoms with E-state index in [4.69, 9.17) is 10.7 Å². The molecule has 0 aromatic heterocycles. The number of aliphatic imine (C=N–C) groups is 1. The van der Waals surface area contributed by atoms with Crippen LogP contribution in [-0.4, -0.2) is 17.5 Å². The van der Waals surface area contributed by atoms with Crippen LogP contribution in [0.4, 0.5) is 0 Å². The van der Waals surface area contributed by atoms with Crippen molar-refractivity contribution in [2.75, 3.05) is 0 Å². The van der Waals surface area contributed by atoms with Crippen molar-refractivity contribution >= 4 is 11.5 Å². The highest BCUT2D eigenvalue weighted by molar-refractivity contribution is 6.14. The first-order valence-corrected chi connectivity index (χ1v) is 9.74. The predicted molar refractivity (Wildman–Crippen MR) is 102 cm³/mol. The van der Waals surface area contributed by atoms with Crippen molar-refractivity contribution in [3.8, 4) is 0 Å². The molecule has 0 amide bonds. The van der Waals surface area contributed by atoms with Crippen LogP contribution in [0.3, 0.4) is 0 Å². The van der Waals surface area contributed by atoms with E-state index in [9.17, 15) is 4.79 Å². The molecule has 2 rings (SSSR count). The van der Waals surface area contributed by atoms with Gasteiger partial charge in [-0.2, -0.15) is 0 Å². The number of hydrogen-bond donors (Lipinski definition) is 1. The molecule has 134 valence electrons. The van der Waals surface area contributed by atoms with Crippen LogP contribution < -0.4 is 5.73 Å². The normalized spacial score (nSPS) is 21.2. The maximum atomic E-state index is 11.6. The average molecular weight is 331 g/mol. The number of nitrogens with zero attached hydrogens (tertiary/aromatic N) is 1. The minimum Gasteiger partial charge on any atom is -0.402 e. The Kier molecular flexibility index (Phi) is 7.26. The summed E-state index contributed by atoms with van der Waals surface area (Å²) in [5.74, 6) is 1.51. The fourth-order valence-electron chi connectivity index (χ4n) is 3.29. The first kappa shape index (κ1) is 19.0. The molecule has 2 aliphatic rings. The van der Waals surface area contributed by atoms with Crippen LogP contribution in [0.2, 0.25) is 0 Å². The van der Waals surface area contributed by atoms with Gasteiger partial charge >= 0.3 is 0 Å². The number of hydrogen-bond acceptors (Lipinski definition) is 3. The quantitative estimate of drug-likeness (QED) is 0.479. The third kappa shape index (κ3) is 5.92. The summed E-state index contributed by atoms with van der Waals surface area (Å²) in [6, 6.07) is 0.286. The van der Waals surface area contributed by atoms with Crippen molar-refractivity contribution in [2.24, 2.45) is 22.6 Å². The van der Waals surface area contributed by atoms with Gasteiger partial charge in [-0.25, -0.2) is 0 Å². The molecular formula is C21H34N2O. The zero-order valence-corrected chi connectivity index (χ0v) is 15.7. The Morgan fingerprint density at radius 1 is 1.29 bits per heavy atom. The monoisotopic (exact) mass is 330 g/mol. The van der Waals surface area contributed by atoms with Gasteiger partial charge in [-0.3, -0.25) is 9.79 Å². The lowest BCUT2D eigenvalue weighted by atomic mass is 9.81. The molecule has 0 aliphatic heterocycles. The number of rotatable bonds is 9. The van der Waals surface area contributed by atoms with E-state index in [-0.39, 0.29) is 11.8 Å². The number of unbranched alkanes of at least 4 members (excludes halogenated alkanes) is 1. The molecule has 2 aliphatic carbocycles. The number of ketones is 1. The summed E-state index contributed by atoms with van der Waals surface area (Å²) in [5.41, 5.74) is 8.97. The topological polar surface area (TPSA) is 55.4 Å². The van der Waals surface area contributed by atoms with Crippen LogP contribution in [0, 0.1) is 11.8 Å². The molecule has 3 nitrogen and oxygen atoms in total. The molecule has 0 aromatic rings. The molecule has 1 atom stereocenters. The Bertz CT molecular complexity index is 524. The van der Waals surface area contributed by atoms with E-state index in [1.807, 2.05) is 6.08 Å². The number of carbonyl (C=O) groups is 1. The van der Waals surface area contributed by atoms with Gasteiger partial charge in [0.1, 0.15) is 0 Å². The van der Waals surface area contributed by atoms with Gasteiger partial charge in [-0.1, -0.05) is 52.4 Å². The van der Waals surface area contributed by atoms with Gasteiger partial charge in [-0.05, 0) is 49.3 Å². The van der Waals surface area contributed by atoms with Gasteiger partial charge < -0.3 is 5.73 Å². The van der Waals surface area contributed by atoms with Gasteiger partial charge in [0.2, 0.25) is 0 Å². The molecule has 0 heterocycles. The van der Waals surface area contributed by atoms with Crippen LogP contribution in [0.25, 0.3) is 0 Å². The van der Waals surface area contributed by atoms with Gasteiger partial charge in [0.15, 0.2) is 5.78 Å². The highest BCUT2D eigenvalue weighted by atomic mass is 16.1. The van der Waals surface area contributed by atoms with Gasteiger partial charge in [0, 0.05) is 18.2 Å². The van der Waals surface area contributed by atoms with E-state index in [0.29, 0.717) is 12.3 Å². The van der Waals surface area contributed by atoms with E-state index >= 15 is 0 Å². The second kappa shape index (κ2) is 9.19. The van der Waals surface area contributed by atoms with Crippen molar-refractivity contribution in [3.63, 3.8) is 0 Å². The molecule has 3 heteroatoms. The van der Waals surface area contributed by atoms with Gasteiger partial charge in [0.05, 0.1) is 5.71 Å². The standard InChI is InChI=1S/C21H34N2O/c1-15(2)20(22)14-21(18-11-12-19(24)13-18)23-16(3)7-4-5-8-17-9-6-10-17/h13-17H,4-12,22H2,1-3H3/b20-14-,23-21?. The summed E-state index contributed by atoms with van der Waals surface area (Å²) in [6.07, 6.45) is 14.6. The molecule has 2 N–H and O–H groups in total. The summed E-state index contributed by atoms with van der Waals surface area (Å²) < 4.78 is 0. The lowest BCUT2D eigenvalue weighted by Crippen LogP contribution is -2.12. The Morgan fingerprint density at radius 2 is 2.04 bits per heavy atom. The molecule has 0 saturated heterocycles. The van der Waals surface area contributed by atoms with Crippen LogP contribution in [0.15, 0.2) is 28.4 Å². The van der Waals surface area contributed by atoms with Crippen molar-refractivity contribution < 1.29 is 4.79 Å². The van der Waals surface area contributed by atoms with E-state index < -0.39 is 0 Å². The SMILES string of the molecule is CC(CCCCC1CCC1)N=C(/C=C(\N)C(C)C)C1=CC(=O)CC1. The number of carbonyl (C=O) groups excluding carboxylic acids is 1. The van der Waals surface area contributed by atoms with Crippen LogP contribution in [0.1, 0.15) is 78.6 Å². The maximum Gasteiger partial charge on any atom is 0.156 e. The molecular weight excluding hydrogens is 296 g/mol. The second-order valence-corrected chi connectivity index (χ2v) is 7.88. The number of allylic oxidation sites excluding steroid dienone is 4. The minimum atomic E-state index is 0.211. The van der Waals surface area contributed by atoms with Gasteiger partial charge in [0.25, 0.3) is 0 Å². The van der Waals surface area contributed by atoms with E-state index in [1.54, 1.807) is 6.08 Å². The fourth-order valence-corrected chi connectivity index (χ4v) is 3.29. The Morgan fingerprint density at radius 3 is 2.58 bits per heavy atom. The first-order valence-electron chi connectivity index (χ1n) is 9.74. The molecule has 1 unspecified atom stereocenters. The summed E-state index contributed by atoms with van der Waals surface area (Å²) >= 11 is 0. The smallest absolute Gasteiger partial charge is 0.156 e. The molecule has 1 saturated carbocycles. The predicted octanol–water partition coefficient (Wildman–Crippen LogP) is 4.96. The third-order valence-electron chi connectivity index (χ3n) is 5.34. The molecule has 0 aromatic carbocycles. The summed E-state index contributed by atoms with van der Waals surface area (Å²) in [5, 5.41) is 0. The van der Waals surface area contributed by atoms with E-state index in [1.165, 1.54) is 38.5 Å². The Hall–Kier alpha value is -1.38. The lowest BCUT2D eigenvalue weighted by Gasteiger charge is -2.25. The average Bonchev–Trinajstić information content (AvgIpc) is 2.90. The summed E-state index contributed by atoms with van der Waals surface area (Å²) in [7, 11) is 0. The maximum absolute atomic E-state index is 11.6. The largest absolute Gasteiger partial charge is 0.402 e. The lowest BCUT2D eigenvalue weighted by molar-refractivity contribution is -0.114. The fraction of sp³-hybridized carbons (Fsp3) is 0.714. The molecule has 0 radical (unpaired) electrons. The highest BCUT2D eigenvalue weighted by Crippen LogP contribution is 2.31. The van der Waals surface area contributed by atoms with Gasteiger partial charge in [-0.15, -0.1) is 0 Å². The summed E-state index contributed by atoms with van der Waals surface area (Å²) in [4.78, 5) is 16.5. The highest BCUT2D eigenvalue weighted by Gasteiger charge is 2.18. The van der Waals surface area contributed by atoms with Crippen LogP contribution in [0.5, 0.6) is 0 Å². The Labute approximate surface area is 147 Å². The van der Waals surface area contributed by atoms with Crippen molar-refractivity contribution in [1.82, 2.24) is 0 Å². The zero-order valence-electron chi connectivity index (χ0n) is 15.7. The van der Waals surface area contributed by atoms with Crippen molar-refractivity contribution in [3.05, 3.63) is 23.4 Å². The van der Waals surface area contributed by atoms with Crippen LogP contribution in [-0.2, 0) is 4.79 Å². The van der Waals surface area contributed by atoms with Crippen LogP contribution >= 0.6 is 0 Å². The molecule has 1 fully saturated rings. The van der Waals surface area contributed by atoms with Crippen molar-refractivity contribution in [2.45, 2.75) is 84.6 Å².